The molecule has 0 aromatic carbocycles. The molecule has 0 heterocycles. The Bertz CT molecular complexity index is 1610. The molecule has 0 rings (SSSR count). The van der Waals surface area contributed by atoms with Gasteiger partial charge in [-0.1, -0.05) is 323 Å². The number of hydrogen-bond donors (Lipinski definition) is 0. The molecule has 0 fully saturated rings. The van der Waals surface area contributed by atoms with Crippen molar-refractivity contribution in [3.63, 3.8) is 0 Å². The summed E-state index contributed by atoms with van der Waals surface area (Å²) < 4.78 is 16.9. The zero-order valence-corrected chi connectivity index (χ0v) is 52.6. The Hall–Kier alpha value is -3.93. The summed E-state index contributed by atoms with van der Waals surface area (Å²) in [5, 5.41) is 0. The Kier molecular flexibility index (Phi) is 64.3. The first-order chi connectivity index (χ1) is 39.5. The van der Waals surface area contributed by atoms with Crippen molar-refractivity contribution in [2.75, 3.05) is 13.2 Å². The number of esters is 3. The van der Waals surface area contributed by atoms with Crippen molar-refractivity contribution in [3.05, 3.63) is 109 Å². The molecule has 0 aliphatic heterocycles. The lowest BCUT2D eigenvalue weighted by Gasteiger charge is -2.18. The summed E-state index contributed by atoms with van der Waals surface area (Å²) in [4.78, 5) is 38.4. The van der Waals surface area contributed by atoms with Crippen molar-refractivity contribution in [1.82, 2.24) is 0 Å². The van der Waals surface area contributed by atoms with Crippen LogP contribution in [-0.4, -0.2) is 37.2 Å². The normalized spacial score (nSPS) is 12.8. The monoisotopic (exact) mass is 1110 g/mol. The summed E-state index contributed by atoms with van der Waals surface area (Å²) in [7, 11) is 0. The first-order valence-electron chi connectivity index (χ1n) is 33.9. The van der Waals surface area contributed by atoms with E-state index < -0.39 is 12.1 Å². The average Bonchev–Trinajstić information content (AvgIpc) is 3.46. The highest BCUT2D eigenvalue weighted by atomic mass is 16.6. The molecule has 0 radical (unpaired) electrons. The smallest absolute Gasteiger partial charge is 0.306 e. The Balaban J connectivity index is 4.39. The Morgan fingerprint density at radius 1 is 0.263 bits per heavy atom. The third kappa shape index (κ3) is 64.9. The van der Waals surface area contributed by atoms with Crippen LogP contribution in [0.3, 0.4) is 0 Å². The molecule has 1 unspecified atom stereocenters. The van der Waals surface area contributed by atoms with Gasteiger partial charge in [-0.2, -0.15) is 0 Å². The van der Waals surface area contributed by atoms with Gasteiger partial charge in [0.25, 0.3) is 0 Å². The van der Waals surface area contributed by atoms with Crippen molar-refractivity contribution in [3.8, 4) is 0 Å². The van der Waals surface area contributed by atoms with Gasteiger partial charge in [0, 0.05) is 19.3 Å². The molecule has 80 heavy (non-hydrogen) atoms. The highest BCUT2D eigenvalue weighted by Crippen LogP contribution is 2.17. The fourth-order valence-electron chi connectivity index (χ4n) is 9.55. The van der Waals surface area contributed by atoms with Crippen LogP contribution in [0.5, 0.6) is 0 Å². The molecule has 6 heteroatoms. The van der Waals surface area contributed by atoms with E-state index in [1.54, 1.807) is 0 Å². The van der Waals surface area contributed by atoms with Crippen LogP contribution in [0.15, 0.2) is 109 Å². The molecule has 6 nitrogen and oxygen atoms in total. The lowest BCUT2D eigenvalue weighted by Crippen LogP contribution is -2.30. The predicted molar refractivity (Wildman–Crippen MR) is 348 cm³/mol. The van der Waals surface area contributed by atoms with E-state index in [9.17, 15) is 14.4 Å². The third-order valence-electron chi connectivity index (χ3n) is 14.5. The van der Waals surface area contributed by atoms with Gasteiger partial charge in [-0.05, 0) is 89.9 Å². The highest BCUT2D eigenvalue weighted by Gasteiger charge is 2.19. The lowest BCUT2D eigenvalue weighted by molar-refractivity contribution is -0.166. The third-order valence-corrected chi connectivity index (χ3v) is 14.5. The molecule has 0 bridgehead atoms. The number of hydrogen-bond acceptors (Lipinski definition) is 6. The Labute approximate surface area is 495 Å². The SMILES string of the molecule is CC/C=C\C/C=C\C/C=C\C/C=C\C/C=C\C/C=C\CCC(=O)OC(COC(=O)CCCCCCCCC/C=C\C/C=C\C/C=C\CC)COC(=O)CCCCCCCCCCCCCCCCCCCCCCCCCCCC. The van der Waals surface area contributed by atoms with Crippen molar-refractivity contribution >= 4 is 17.9 Å². The van der Waals surface area contributed by atoms with Gasteiger partial charge in [0.05, 0.1) is 0 Å². The van der Waals surface area contributed by atoms with Gasteiger partial charge >= 0.3 is 17.9 Å². The van der Waals surface area contributed by atoms with Crippen LogP contribution >= 0.6 is 0 Å². The lowest BCUT2D eigenvalue weighted by atomic mass is 10.0. The maximum Gasteiger partial charge on any atom is 0.306 e. The summed E-state index contributed by atoms with van der Waals surface area (Å²) in [6.07, 6.45) is 92.7. The predicted octanol–water partition coefficient (Wildman–Crippen LogP) is 23.4. The van der Waals surface area contributed by atoms with E-state index >= 15 is 0 Å². The van der Waals surface area contributed by atoms with E-state index in [4.69, 9.17) is 14.2 Å². The summed E-state index contributed by atoms with van der Waals surface area (Å²) in [6, 6.07) is 0. The minimum absolute atomic E-state index is 0.110. The van der Waals surface area contributed by atoms with Crippen molar-refractivity contribution in [2.24, 2.45) is 0 Å². The molecule has 0 aliphatic rings. The fraction of sp³-hybridized carbons (Fsp3) is 0.716. The quantitative estimate of drug-likeness (QED) is 0.0261. The van der Waals surface area contributed by atoms with Crippen LogP contribution in [0.4, 0.5) is 0 Å². The van der Waals surface area contributed by atoms with E-state index in [0.29, 0.717) is 19.3 Å². The minimum atomic E-state index is -0.825. The van der Waals surface area contributed by atoms with E-state index in [1.807, 2.05) is 6.08 Å². The Morgan fingerprint density at radius 2 is 0.512 bits per heavy atom. The van der Waals surface area contributed by atoms with Gasteiger partial charge in [0.2, 0.25) is 0 Å². The minimum Gasteiger partial charge on any atom is -0.462 e. The van der Waals surface area contributed by atoms with Gasteiger partial charge < -0.3 is 14.2 Å². The zero-order chi connectivity index (χ0) is 57.8. The van der Waals surface area contributed by atoms with Crippen molar-refractivity contribution in [1.29, 1.82) is 0 Å². The largest absolute Gasteiger partial charge is 0.462 e. The van der Waals surface area contributed by atoms with Gasteiger partial charge in [0.15, 0.2) is 6.10 Å². The molecule has 0 amide bonds. The van der Waals surface area contributed by atoms with Gasteiger partial charge in [-0.3, -0.25) is 14.4 Å². The van der Waals surface area contributed by atoms with E-state index in [-0.39, 0.29) is 31.6 Å². The van der Waals surface area contributed by atoms with E-state index in [2.05, 4.69) is 124 Å². The number of carbonyl (C=O) groups is 3. The standard InChI is InChI=1S/C74H126O6/c1-4-7-10-13-16-19-22-25-28-31-33-34-35-36-37-38-39-41-43-46-49-52-55-58-61-64-67-73(76)79-70-71(69-78-72(75)66-63-60-57-54-51-48-45-42-30-27-24-21-18-15-12-9-6-3)80-74(77)68-65-62-59-56-53-50-47-44-40-32-29-26-23-20-17-14-11-8-5-2/h8-9,11-12,17-18,20-21,26-27,29-30,40,44,50,53,59,62,71H,4-7,10,13-16,19,22-25,28,31-39,41-43,45-49,51-52,54-58,60-61,63-70H2,1-3H3/b11-8-,12-9-,20-17-,21-18-,29-26-,30-27-,44-40-,53-50-,62-59-. The summed E-state index contributed by atoms with van der Waals surface area (Å²) >= 11 is 0. The first kappa shape index (κ1) is 76.1. The number of allylic oxidation sites excluding steroid dienone is 18. The molecular formula is C74H126O6. The van der Waals surface area contributed by atoms with Crippen LogP contribution in [0.25, 0.3) is 0 Å². The van der Waals surface area contributed by atoms with Crippen molar-refractivity contribution < 1.29 is 28.6 Å². The fourth-order valence-corrected chi connectivity index (χ4v) is 9.55. The zero-order valence-electron chi connectivity index (χ0n) is 52.6. The molecule has 0 saturated heterocycles. The molecule has 0 aromatic rings. The number of unbranched alkanes of at least 4 members (excludes halogenated alkanes) is 32. The van der Waals surface area contributed by atoms with Crippen molar-refractivity contribution in [2.45, 2.75) is 329 Å². The topological polar surface area (TPSA) is 78.9 Å². The van der Waals surface area contributed by atoms with Crippen LogP contribution < -0.4 is 0 Å². The molecule has 0 saturated carbocycles. The van der Waals surface area contributed by atoms with Crippen LogP contribution in [0, 0.1) is 0 Å². The van der Waals surface area contributed by atoms with E-state index in [1.165, 1.54) is 173 Å². The maximum atomic E-state index is 12.9. The summed E-state index contributed by atoms with van der Waals surface area (Å²) in [5.41, 5.74) is 0. The Morgan fingerprint density at radius 3 is 0.812 bits per heavy atom. The number of ether oxygens (including phenoxy) is 3. The second kappa shape index (κ2) is 67.6. The molecule has 0 aromatic heterocycles. The summed E-state index contributed by atoms with van der Waals surface area (Å²) in [5.74, 6) is -0.994. The molecule has 0 spiro atoms. The molecule has 0 N–H and O–H groups in total. The van der Waals surface area contributed by atoms with E-state index in [0.717, 1.165) is 103 Å². The van der Waals surface area contributed by atoms with Gasteiger partial charge in [-0.25, -0.2) is 0 Å². The molecular weight excluding hydrogens is 985 g/mol. The maximum absolute atomic E-state index is 12.9. The van der Waals surface area contributed by atoms with Gasteiger partial charge in [-0.15, -0.1) is 0 Å². The summed E-state index contributed by atoms with van der Waals surface area (Å²) in [6.45, 7) is 6.38. The average molecular weight is 1110 g/mol. The first-order valence-corrected chi connectivity index (χ1v) is 33.9. The highest BCUT2D eigenvalue weighted by molar-refractivity contribution is 5.71. The van der Waals surface area contributed by atoms with Gasteiger partial charge in [0.1, 0.15) is 13.2 Å². The number of carbonyl (C=O) groups excluding carboxylic acids is 3. The van der Waals surface area contributed by atoms with Crippen LogP contribution in [0.2, 0.25) is 0 Å². The van der Waals surface area contributed by atoms with Crippen LogP contribution in [-0.2, 0) is 28.6 Å². The second-order valence-electron chi connectivity index (χ2n) is 22.3. The number of rotatable bonds is 61. The molecule has 1 atom stereocenters. The molecule has 458 valence electrons. The van der Waals surface area contributed by atoms with Crippen LogP contribution in [0.1, 0.15) is 323 Å². The second-order valence-corrected chi connectivity index (χ2v) is 22.3. The molecule has 0 aliphatic carbocycles.